The van der Waals surface area contributed by atoms with Crippen LogP contribution < -0.4 is 5.32 Å². The maximum Gasteiger partial charge on any atom is 0.270 e. The van der Waals surface area contributed by atoms with Gasteiger partial charge in [0.25, 0.3) is 5.69 Å². The van der Waals surface area contributed by atoms with Crippen molar-refractivity contribution in [1.29, 1.82) is 0 Å². The molecule has 0 saturated heterocycles. The van der Waals surface area contributed by atoms with E-state index in [2.05, 4.69) is 10.4 Å². The van der Waals surface area contributed by atoms with E-state index in [0.29, 0.717) is 22.9 Å². The summed E-state index contributed by atoms with van der Waals surface area (Å²) in [7, 11) is 0. The zero-order valence-corrected chi connectivity index (χ0v) is 15.8. The van der Waals surface area contributed by atoms with Gasteiger partial charge in [0.15, 0.2) is 5.82 Å². The van der Waals surface area contributed by atoms with Gasteiger partial charge in [0.2, 0.25) is 5.91 Å². The molecule has 1 aromatic heterocycles. The third-order valence-corrected chi connectivity index (χ3v) is 4.20. The van der Waals surface area contributed by atoms with Crippen LogP contribution in [0.15, 0.2) is 60.7 Å². The van der Waals surface area contributed by atoms with Crippen molar-refractivity contribution in [1.82, 2.24) is 9.78 Å². The first-order valence-corrected chi connectivity index (χ1v) is 8.81. The molecule has 0 atom stereocenters. The Bertz CT molecular complexity index is 1060. The highest BCUT2D eigenvalue weighted by molar-refractivity contribution is 6.30. The van der Waals surface area contributed by atoms with Crippen LogP contribution in [0.1, 0.15) is 16.8 Å². The van der Waals surface area contributed by atoms with Crippen molar-refractivity contribution in [2.24, 2.45) is 0 Å². The molecule has 1 amide bonds. The number of nitrogens with one attached hydrogen (secondary N) is 1. The second-order valence-electron chi connectivity index (χ2n) is 6.13. The highest BCUT2D eigenvalue weighted by atomic mass is 35.5. The van der Waals surface area contributed by atoms with Gasteiger partial charge >= 0.3 is 0 Å². The highest BCUT2D eigenvalue weighted by Gasteiger charge is 2.08. The summed E-state index contributed by atoms with van der Waals surface area (Å²) in [5, 5.41) is 18.5. The molecule has 3 rings (SSSR count). The molecule has 2 aromatic carbocycles. The average Bonchev–Trinajstić information content (AvgIpc) is 2.99. The van der Waals surface area contributed by atoms with Crippen molar-refractivity contribution < 1.29 is 9.72 Å². The number of benzene rings is 2. The number of nitro groups is 1. The zero-order chi connectivity index (χ0) is 20.1. The lowest BCUT2D eigenvalue weighted by Crippen LogP contribution is -2.09. The molecule has 1 heterocycles. The van der Waals surface area contributed by atoms with Gasteiger partial charge in [-0.05, 0) is 36.3 Å². The smallest absolute Gasteiger partial charge is 0.270 e. The van der Waals surface area contributed by atoms with E-state index < -0.39 is 4.92 Å². The summed E-state index contributed by atoms with van der Waals surface area (Å²) in [5.74, 6) is 0.0483. The van der Waals surface area contributed by atoms with Crippen LogP contribution >= 0.6 is 11.6 Å². The Labute approximate surface area is 166 Å². The van der Waals surface area contributed by atoms with E-state index in [9.17, 15) is 14.9 Å². The highest BCUT2D eigenvalue weighted by Crippen LogP contribution is 2.16. The largest absolute Gasteiger partial charge is 0.306 e. The molecule has 3 aromatic rings. The van der Waals surface area contributed by atoms with Crippen LogP contribution in [0.5, 0.6) is 0 Å². The number of amides is 1. The monoisotopic (exact) mass is 396 g/mol. The van der Waals surface area contributed by atoms with Crippen molar-refractivity contribution in [3.8, 4) is 0 Å². The summed E-state index contributed by atoms with van der Waals surface area (Å²) in [4.78, 5) is 22.5. The summed E-state index contributed by atoms with van der Waals surface area (Å²) in [6.45, 7) is 2.43. The maximum absolute atomic E-state index is 12.1. The van der Waals surface area contributed by atoms with E-state index in [1.807, 2.05) is 25.1 Å². The molecular formula is C20H17ClN4O3. The standard InChI is InChI=1S/C20H17ClN4O3/c1-14-10-19(23-24(14)13-16-5-2-6-17(21)11-16)22-20(26)9-8-15-4-3-7-18(12-15)25(27)28/h2-12H,13H2,1H3,(H,22,23,26)/b9-8+. The van der Waals surface area contributed by atoms with E-state index in [1.165, 1.54) is 24.3 Å². The lowest BCUT2D eigenvalue weighted by Gasteiger charge is -2.04. The number of non-ortho nitro benzene ring substituents is 1. The molecule has 0 radical (unpaired) electrons. The number of carbonyl (C=O) groups is 1. The van der Waals surface area contributed by atoms with E-state index in [-0.39, 0.29) is 11.6 Å². The van der Waals surface area contributed by atoms with E-state index in [1.54, 1.807) is 28.9 Å². The second-order valence-corrected chi connectivity index (χ2v) is 6.57. The number of halogens is 1. The number of rotatable bonds is 6. The lowest BCUT2D eigenvalue weighted by atomic mass is 10.2. The van der Waals surface area contributed by atoms with Crippen molar-refractivity contribution >= 4 is 35.1 Å². The van der Waals surface area contributed by atoms with Gasteiger partial charge in [0, 0.05) is 35.0 Å². The first-order chi connectivity index (χ1) is 13.4. The Morgan fingerprint density at radius 3 is 2.79 bits per heavy atom. The predicted molar refractivity (Wildman–Crippen MR) is 108 cm³/mol. The SMILES string of the molecule is Cc1cc(NC(=O)/C=C/c2cccc([N+](=O)[O-])c2)nn1Cc1cccc(Cl)c1. The number of nitro benzene ring substituents is 1. The molecule has 1 N–H and O–H groups in total. The topological polar surface area (TPSA) is 90.1 Å². The van der Waals surface area contributed by atoms with Crippen LogP contribution in [0.25, 0.3) is 6.08 Å². The average molecular weight is 397 g/mol. The molecular weight excluding hydrogens is 380 g/mol. The molecule has 0 fully saturated rings. The number of nitrogens with zero attached hydrogens (tertiary/aromatic N) is 3. The van der Waals surface area contributed by atoms with Gasteiger partial charge in [0.05, 0.1) is 11.5 Å². The quantitative estimate of drug-likeness (QED) is 0.378. The Morgan fingerprint density at radius 1 is 1.25 bits per heavy atom. The maximum atomic E-state index is 12.1. The molecule has 28 heavy (non-hydrogen) atoms. The van der Waals surface area contributed by atoms with E-state index in [4.69, 9.17) is 11.6 Å². The van der Waals surface area contributed by atoms with Crippen LogP contribution in [-0.2, 0) is 11.3 Å². The van der Waals surface area contributed by atoms with Gasteiger partial charge < -0.3 is 5.32 Å². The Morgan fingerprint density at radius 2 is 2.04 bits per heavy atom. The summed E-state index contributed by atoms with van der Waals surface area (Å²) in [6, 6.07) is 15.3. The Kier molecular flexibility index (Phi) is 5.86. The summed E-state index contributed by atoms with van der Waals surface area (Å²) < 4.78 is 1.77. The fourth-order valence-corrected chi connectivity index (χ4v) is 2.83. The van der Waals surface area contributed by atoms with Gasteiger partial charge in [-0.3, -0.25) is 19.6 Å². The van der Waals surface area contributed by atoms with E-state index in [0.717, 1.165) is 11.3 Å². The summed E-state index contributed by atoms with van der Waals surface area (Å²) >= 11 is 6.01. The minimum absolute atomic E-state index is 0.0297. The Balaban J connectivity index is 1.66. The molecule has 0 bridgehead atoms. The number of anilines is 1. The van der Waals surface area contributed by atoms with Crippen LogP contribution in [0.3, 0.4) is 0 Å². The first kappa shape index (κ1) is 19.3. The van der Waals surface area contributed by atoms with Gasteiger partial charge in [-0.25, -0.2) is 0 Å². The third kappa shape index (κ3) is 5.05. The van der Waals surface area contributed by atoms with Gasteiger partial charge in [-0.15, -0.1) is 0 Å². The molecule has 0 unspecified atom stereocenters. The molecule has 7 nitrogen and oxygen atoms in total. The fraction of sp³-hybridized carbons (Fsp3) is 0.100. The minimum Gasteiger partial charge on any atom is -0.306 e. The van der Waals surface area contributed by atoms with Gasteiger partial charge in [0.1, 0.15) is 0 Å². The first-order valence-electron chi connectivity index (χ1n) is 8.43. The molecule has 0 spiro atoms. The van der Waals surface area contributed by atoms with Crippen LogP contribution in [0.2, 0.25) is 5.02 Å². The lowest BCUT2D eigenvalue weighted by molar-refractivity contribution is -0.384. The van der Waals surface area contributed by atoms with Crippen LogP contribution in [-0.4, -0.2) is 20.6 Å². The number of carbonyl (C=O) groups excluding carboxylic acids is 1. The van der Waals surface area contributed by atoms with Crippen molar-refractivity contribution in [3.63, 3.8) is 0 Å². The number of aromatic nitrogens is 2. The molecule has 0 saturated carbocycles. The minimum atomic E-state index is -0.479. The summed E-state index contributed by atoms with van der Waals surface area (Å²) in [6.07, 6.45) is 2.82. The molecule has 0 aliphatic rings. The van der Waals surface area contributed by atoms with E-state index >= 15 is 0 Å². The number of hydrogen-bond donors (Lipinski definition) is 1. The van der Waals surface area contributed by atoms with Crippen LogP contribution in [0.4, 0.5) is 11.5 Å². The Hall–Kier alpha value is -3.45. The molecule has 0 aliphatic carbocycles. The predicted octanol–water partition coefficient (Wildman–Crippen LogP) is 4.45. The van der Waals surface area contributed by atoms with Gasteiger partial charge in [-0.2, -0.15) is 5.10 Å². The fourth-order valence-electron chi connectivity index (χ4n) is 2.62. The van der Waals surface area contributed by atoms with Crippen LogP contribution in [0, 0.1) is 17.0 Å². The third-order valence-electron chi connectivity index (χ3n) is 3.96. The van der Waals surface area contributed by atoms with Gasteiger partial charge in [-0.1, -0.05) is 35.9 Å². The number of hydrogen-bond acceptors (Lipinski definition) is 4. The second kappa shape index (κ2) is 8.49. The number of aryl methyl sites for hydroxylation is 1. The van der Waals surface area contributed by atoms with Crippen molar-refractivity contribution in [3.05, 3.63) is 92.6 Å². The molecule has 8 heteroatoms. The van der Waals surface area contributed by atoms with Crippen molar-refractivity contribution in [2.75, 3.05) is 5.32 Å². The normalized spacial score (nSPS) is 10.9. The summed E-state index contributed by atoms with van der Waals surface area (Å²) in [5.41, 5.74) is 2.42. The molecule has 142 valence electrons. The zero-order valence-electron chi connectivity index (χ0n) is 15.0. The van der Waals surface area contributed by atoms with Crippen molar-refractivity contribution in [2.45, 2.75) is 13.5 Å². The molecule has 0 aliphatic heterocycles.